The van der Waals surface area contributed by atoms with Gasteiger partial charge in [-0.15, -0.1) is 0 Å². The highest BCUT2D eigenvalue weighted by Gasteiger charge is 2.25. The first-order valence-electron chi connectivity index (χ1n) is 9.80. The maximum absolute atomic E-state index is 13.0. The molecule has 156 valence electrons. The van der Waals surface area contributed by atoms with Gasteiger partial charge in [0.25, 0.3) is 0 Å². The molecule has 1 aliphatic rings. The van der Waals surface area contributed by atoms with E-state index in [4.69, 9.17) is 9.47 Å². The minimum atomic E-state index is -0.869. The van der Waals surface area contributed by atoms with Gasteiger partial charge < -0.3 is 14.6 Å². The third kappa shape index (κ3) is 4.36. The molecule has 0 saturated carbocycles. The summed E-state index contributed by atoms with van der Waals surface area (Å²) < 4.78 is 24.1. The summed E-state index contributed by atoms with van der Waals surface area (Å²) in [6.45, 7) is 1.95. The summed E-state index contributed by atoms with van der Waals surface area (Å²) in [5.41, 5.74) is 5.56. The lowest BCUT2D eigenvalue weighted by atomic mass is 10.0. The van der Waals surface area contributed by atoms with Crippen LogP contribution in [-0.2, 0) is 4.79 Å². The number of carboxylic acids is 1. The molecule has 31 heavy (non-hydrogen) atoms. The van der Waals surface area contributed by atoms with Crippen LogP contribution < -0.4 is 9.47 Å². The number of hydrogen-bond acceptors (Lipinski definition) is 3. The summed E-state index contributed by atoms with van der Waals surface area (Å²) >= 11 is 0. The minimum Gasteiger partial charge on any atom is -0.497 e. The number of methoxy groups -OCH3 is 1. The number of hydrogen-bond donors (Lipinski definition) is 1. The van der Waals surface area contributed by atoms with E-state index in [1.807, 2.05) is 55.5 Å². The number of benzene rings is 3. The van der Waals surface area contributed by atoms with Gasteiger partial charge in [-0.2, -0.15) is 0 Å². The van der Waals surface area contributed by atoms with Crippen LogP contribution in [0.1, 0.15) is 30.0 Å². The Kier molecular flexibility index (Phi) is 5.58. The standard InChI is InChI=1S/C26H21FO4/c1-16-23(22-12-11-21(30-2)14-25(22)24(16)15-26(28)29)13-17-3-7-19(8-4-17)31-20-9-5-18(27)6-10-20/h3-14H,15H2,1-2H3,(H,28,29)/b23-13-. The molecule has 0 aliphatic heterocycles. The third-order valence-corrected chi connectivity index (χ3v) is 5.27. The van der Waals surface area contributed by atoms with Crippen LogP contribution in [-0.4, -0.2) is 18.2 Å². The second-order valence-corrected chi connectivity index (χ2v) is 7.27. The van der Waals surface area contributed by atoms with E-state index in [0.29, 0.717) is 17.2 Å². The highest BCUT2D eigenvalue weighted by Crippen LogP contribution is 2.44. The van der Waals surface area contributed by atoms with Gasteiger partial charge in [0.05, 0.1) is 13.5 Å². The van der Waals surface area contributed by atoms with Crippen molar-refractivity contribution in [2.75, 3.05) is 7.11 Å². The van der Waals surface area contributed by atoms with Crippen molar-refractivity contribution in [3.63, 3.8) is 0 Å². The number of aliphatic carboxylic acids is 1. The van der Waals surface area contributed by atoms with Gasteiger partial charge in [-0.25, -0.2) is 4.39 Å². The van der Waals surface area contributed by atoms with Crippen LogP contribution in [0.3, 0.4) is 0 Å². The maximum Gasteiger partial charge on any atom is 0.307 e. The van der Waals surface area contributed by atoms with Gasteiger partial charge in [-0.1, -0.05) is 18.2 Å². The van der Waals surface area contributed by atoms with Gasteiger partial charge in [-0.3, -0.25) is 4.79 Å². The average Bonchev–Trinajstić information content (AvgIpc) is 3.01. The Morgan fingerprint density at radius 1 is 0.935 bits per heavy atom. The van der Waals surface area contributed by atoms with Crippen molar-refractivity contribution in [2.45, 2.75) is 13.3 Å². The van der Waals surface area contributed by atoms with E-state index in [-0.39, 0.29) is 12.2 Å². The molecular weight excluding hydrogens is 395 g/mol. The second kappa shape index (κ2) is 8.48. The lowest BCUT2D eigenvalue weighted by molar-refractivity contribution is -0.135. The Hall–Kier alpha value is -3.86. The number of rotatable bonds is 6. The van der Waals surface area contributed by atoms with Crippen molar-refractivity contribution in [1.29, 1.82) is 0 Å². The quantitative estimate of drug-likeness (QED) is 0.503. The largest absolute Gasteiger partial charge is 0.497 e. The molecular formula is C26H21FO4. The summed E-state index contributed by atoms with van der Waals surface area (Å²) in [6, 6.07) is 19.1. The molecule has 0 saturated heterocycles. The number of carbonyl (C=O) groups is 1. The van der Waals surface area contributed by atoms with E-state index in [9.17, 15) is 14.3 Å². The SMILES string of the molecule is COc1ccc2c(c1)C(CC(=O)O)=C(C)/C2=C/c1ccc(Oc2ccc(F)cc2)cc1. The Bertz CT molecular complexity index is 1190. The summed E-state index contributed by atoms with van der Waals surface area (Å²) in [5.74, 6) is 0.714. The van der Waals surface area contributed by atoms with Crippen LogP contribution in [0, 0.1) is 5.82 Å². The molecule has 4 rings (SSSR count). The molecule has 3 aromatic carbocycles. The lowest BCUT2D eigenvalue weighted by Crippen LogP contribution is -1.97. The van der Waals surface area contributed by atoms with Crippen LogP contribution in [0.4, 0.5) is 4.39 Å². The highest BCUT2D eigenvalue weighted by atomic mass is 19.1. The monoisotopic (exact) mass is 416 g/mol. The molecule has 1 aliphatic carbocycles. The van der Waals surface area contributed by atoms with Crippen LogP contribution in [0.15, 0.2) is 72.3 Å². The van der Waals surface area contributed by atoms with Gasteiger partial charge in [0, 0.05) is 0 Å². The first-order valence-corrected chi connectivity index (χ1v) is 9.80. The van der Waals surface area contributed by atoms with Gasteiger partial charge in [0.1, 0.15) is 23.1 Å². The van der Waals surface area contributed by atoms with Gasteiger partial charge in [0.15, 0.2) is 0 Å². The number of halogens is 1. The normalized spacial score (nSPS) is 14.0. The van der Waals surface area contributed by atoms with Crippen LogP contribution in [0.2, 0.25) is 0 Å². The van der Waals surface area contributed by atoms with E-state index >= 15 is 0 Å². The molecule has 0 heterocycles. The third-order valence-electron chi connectivity index (χ3n) is 5.27. The minimum absolute atomic E-state index is 0.0478. The van der Waals surface area contributed by atoms with Crippen molar-refractivity contribution >= 4 is 23.2 Å². The van der Waals surface area contributed by atoms with Crippen molar-refractivity contribution in [3.8, 4) is 17.2 Å². The van der Waals surface area contributed by atoms with Crippen molar-refractivity contribution in [1.82, 2.24) is 0 Å². The zero-order chi connectivity index (χ0) is 22.0. The number of carboxylic acid groups (broad SMARTS) is 1. The lowest BCUT2D eigenvalue weighted by Gasteiger charge is -2.08. The summed E-state index contributed by atoms with van der Waals surface area (Å²) in [7, 11) is 1.59. The zero-order valence-corrected chi connectivity index (χ0v) is 17.2. The summed E-state index contributed by atoms with van der Waals surface area (Å²) in [5, 5.41) is 9.37. The Morgan fingerprint density at radius 2 is 1.55 bits per heavy atom. The number of ether oxygens (including phenoxy) is 2. The fraction of sp³-hybridized carbons (Fsp3) is 0.115. The van der Waals surface area contributed by atoms with Gasteiger partial charge in [-0.05, 0) is 94.9 Å². The molecule has 3 aromatic rings. The summed E-state index contributed by atoms with van der Waals surface area (Å²) in [6.07, 6.45) is 1.99. The number of fused-ring (bicyclic) bond motifs is 1. The number of allylic oxidation sites excluding steroid dienone is 2. The van der Waals surface area contributed by atoms with Crippen LogP contribution in [0.5, 0.6) is 17.2 Å². The zero-order valence-electron chi connectivity index (χ0n) is 17.2. The molecule has 0 amide bonds. The van der Waals surface area contributed by atoms with Crippen LogP contribution in [0.25, 0.3) is 17.2 Å². The fourth-order valence-corrected chi connectivity index (χ4v) is 3.70. The molecule has 0 bridgehead atoms. The molecule has 5 heteroatoms. The fourth-order valence-electron chi connectivity index (χ4n) is 3.70. The van der Waals surface area contributed by atoms with Gasteiger partial charge in [0.2, 0.25) is 0 Å². The Labute approximate surface area is 179 Å². The van der Waals surface area contributed by atoms with Crippen molar-refractivity contribution < 1.29 is 23.8 Å². The van der Waals surface area contributed by atoms with E-state index < -0.39 is 5.97 Å². The maximum atomic E-state index is 13.0. The van der Waals surface area contributed by atoms with E-state index in [0.717, 1.165) is 33.4 Å². The molecule has 0 aromatic heterocycles. The van der Waals surface area contributed by atoms with E-state index in [2.05, 4.69) is 0 Å². The van der Waals surface area contributed by atoms with Gasteiger partial charge >= 0.3 is 5.97 Å². The smallest absolute Gasteiger partial charge is 0.307 e. The van der Waals surface area contributed by atoms with E-state index in [1.54, 1.807) is 19.2 Å². The molecule has 0 spiro atoms. The van der Waals surface area contributed by atoms with Crippen LogP contribution >= 0.6 is 0 Å². The molecule has 0 fully saturated rings. The molecule has 0 radical (unpaired) electrons. The first kappa shape index (κ1) is 20.4. The second-order valence-electron chi connectivity index (χ2n) is 7.27. The predicted molar refractivity (Wildman–Crippen MR) is 119 cm³/mol. The Morgan fingerprint density at radius 3 is 2.16 bits per heavy atom. The highest BCUT2D eigenvalue weighted by molar-refractivity contribution is 6.07. The molecule has 0 unspecified atom stereocenters. The average molecular weight is 416 g/mol. The molecule has 0 atom stereocenters. The van der Waals surface area contributed by atoms with E-state index in [1.165, 1.54) is 12.1 Å². The first-order chi connectivity index (χ1) is 14.9. The predicted octanol–water partition coefficient (Wildman–Crippen LogP) is 6.43. The molecule has 4 nitrogen and oxygen atoms in total. The molecule has 1 N–H and O–H groups in total. The van der Waals surface area contributed by atoms with Crippen molar-refractivity contribution in [2.24, 2.45) is 0 Å². The van der Waals surface area contributed by atoms with Crippen molar-refractivity contribution in [3.05, 3.63) is 94.8 Å². The Balaban J connectivity index is 1.65. The topological polar surface area (TPSA) is 55.8 Å². The summed E-state index contributed by atoms with van der Waals surface area (Å²) in [4.78, 5) is 11.4.